The summed E-state index contributed by atoms with van der Waals surface area (Å²) in [5.41, 5.74) is 0.914. The molecule has 130 valence electrons. The van der Waals surface area contributed by atoms with Crippen LogP contribution in [0.1, 0.15) is 15.9 Å². The minimum atomic E-state index is -0.371. The van der Waals surface area contributed by atoms with E-state index in [1.807, 2.05) is 12.1 Å². The lowest BCUT2D eigenvalue weighted by Crippen LogP contribution is -2.00. The van der Waals surface area contributed by atoms with E-state index in [0.29, 0.717) is 12.4 Å². The number of carbonyl (C=O) groups excluding carboxylic acids is 1. The Morgan fingerprint density at radius 1 is 1.12 bits per heavy atom. The van der Waals surface area contributed by atoms with Gasteiger partial charge >= 0.3 is 0 Å². The molecule has 0 aliphatic rings. The molecule has 0 aliphatic heterocycles. The maximum atomic E-state index is 12.4. The number of ether oxygens (including phenoxy) is 3. The number of rotatable bonds is 8. The summed E-state index contributed by atoms with van der Waals surface area (Å²) < 4.78 is 15.6. The van der Waals surface area contributed by atoms with Crippen LogP contribution in [0, 0.1) is 0 Å². The molecule has 0 aromatic heterocycles. The predicted octanol–water partition coefficient (Wildman–Crippen LogP) is 3.87. The maximum Gasteiger partial charge on any atom is 0.193 e. The zero-order valence-electron chi connectivity index (χ0n) is 14.2. The summed E-state index contributed by atoms with van der Waals surface area (Å²) in [6.45, 7) is 4.03. The quantitative estimate of drug-likeness (QED) is 0.449. The molecule has 0 unspecified atom stereocenters. The van der Waals surface area contributed by atoms with E-state index >= 15 is 0 Å². The molecule has 0 saturated heterocycles. The highest BCUT2D eigenvalue weighted by Gasteiger charge is 2.17. The normalized spacial score (nSPS) is 10.5. The van der Waals surface area contributed by atoms with Gasteiger partial charge in [0.05, 0.1) is 14.2 Å². The number of phenolic OH excluding ortho intramolecular Hbond substituents is 1. The van der Waals surface area contributed by atoms with E-state index in [0.717, 1.165) is 11.3 Å². The summed E-state index contributed by atoms with van der Waals surface area (Å²) in [6, 6.07) is 10.2. The summed E-state index contributed by atoms with van der Waals surface area (Å²) in [5.74, 6) is 0.811. The van der Waals surface area contributed by atoms with Crippen molar-refractivity contribution in [2.24, 2.45) is 0 Å². The van der Waals surface area contributed by atoms with Crippen molar-refractivity contribution in [1.82, 2.24) is 0 Å². The molecule has 0 aliphatic carbocycles. The van der Waals surface area contributed by atoms with Crippen LogP contribution in [-0.2, 0) is 0 Å². The van der Waals surface area contributed by atoms with Crippen LogP contribution in [0.3, 0.4) is 0 Å². The number of phenols is 1. The van der Waals surface area contributed by atoms with Crippen molar-refractivity contribution in [2.45, 2.75) is 0 Å². The van der Waals surface area contributed by atoms with Crippen LogP contribution in [0.15, 0.2) is 55.1 Å². The lowest BCUT2D eigenvalue weighted by atomic mass is 10.1. The van der Waals surface area contributed by atoms with Crippen LogP contribution in [0.2, 0.25) is 0 Å². The first-order valence-electron chi connectivity index (χ1n) is 7.60. The second-order valence-corrected chi connectivity index (χ2v) is 5.09. The van der Waals surface area contributed by atoms with Gasteiger partial charge in [-0.3, -0.25) is 4.79 Å². The SMILES string of the molecule is C=CCOc1ccc(C=CC(=O)c2c(O)cc(OC)cc2OC)cc1. The number of hydrogen-bond acceptors (Lipinski definition) is 5. The van der Waals surface area contributed by atoms with E-state index in [4.69, 9.17) is 14.2 Å². The van der Waals surface area contributed by atoms with E-state index in [1.165, 1.54) is 26.4 Å². The van der Waals surface area contributed by atoms with Crippen molar-refractivity contribution in [3.05, 3.63) is 66.3 Å². The molecule has 2 rings (SSSR count). The standard InChI is InChI=1S/C20H20O5/c1-4-11-25-15-8-5-14(6-9-15)7-10-17(21)20-18(22)12-16(23-2)13-19(20)24-3/h4-10,12-13,22H,1,11H2,2-3H3. The van der Waals surface area contributed by atoms with Crippen LogP contribution in [0.4, 0.5) is 0 Å². The van der Waals surface area contributed by atoms with Crippen molar-refractivity contribution in [3.8, 4) is 23.0 Å². The number of benzene rings is 2. The Bertz CT molecular complexity index is 775. The number of hydrogen-bond donors (Lipinski definition) is 1. The van der Waals surface area contributed by atoms with Crippen molar-refractivity contribution in [3.63, 3.8) is 0 Å². The van der Waals surface area contributed by atoms with Gasteiger partial charge in [-0.05, 0) is 23.8 Å². The average Bonchev–Trinajstić information content (AvgIpc) is 2.64. The molecule has 1 N–H and O–H groups in total. The number of allylic oxidation sites excluding steroid dienone is 1. The highest BCUT2D eigenvalue weighted by molar-refractivity contribution is 6.10. The molecular weight excluding hydrogens is 320 g/mol. The Morgan fingerprint density at radius 2 is 1.84 bits per heavy atom. The molecule has 0 fully saturated rings. The first-order valence-corrected chi connectivity index (χ1v) is 7.60. The van der Waals surface area contributed by atoms with Gasteiger partial charge in [0.25, 0.3) is 0 Å². The van der Waals surface area contributed by atoms with Gasteiger partial charge in [0, 0.05) is 12.1 Å². The largest absolute Gasteiger partial charge is 0.507 e. The molecule has 2 aromatic rings. The van der Waals surface area contributed by atoms with Gasteiger partial charge in [0.15, 0.2) is 5.78 Å². The molecule has 0 atom stereocenters. The Labute approximate surface area is 146 Å². The van der Waals surface area contributed by atoms with Crippen molar-refractivity contribution in [2.75, 3.05) is 20.8 Å². The first kappa shape index (κ1) is 18.1. The molecule has 5 nitrogen and oxygen atoms in total. The molecule has 0 saturated carbocycles. The van der Waals surface area contributed by atoms with Crippen LogP contribution >= 0.6 is 0 Å². The molecule has 2 aromatic carbocycles. The van der Waals surface area contributed by atoms with Gasteiger partial charge in [-0.2, -0.15) is 0 Å². The number of aromatic hydroxyl groups is 1. The Hall–Kier alpha value is -3.21. The van der Waals surface area contributed by atoms with E-state index in [1.54, 1.807) is 30.4 Å². The van der Waals surface area contributed by atoms with E-state index in [2.05, 4.69) is 6.58 Å². The topological polar surface area (TPSA) is 65.0 Å². The number of ketones is 1. The zero-order chi connectivity index (χ0) is 18.2. The third-order valence-electron chi connectivity index (χ3n) is 3.43. The Morgan fingerprint density at radius 3 is 2.44 bits per heavy atom. The summed E-state index contributed by atoms with van der Waals surface area (Å²) in [4.78, 5) is 12.4. The summed E-state index contributed by atoms with van der Waals surface area (Å²) in [5, 5.41) is 10.1. The fourth-order valence-corrected chi connectivity index (χ4v) is 2.19. The zero-order valence-corrected chi connectivity index (χ0v) is 14.2. The Kier molecular flexibility index (Phi) is 6.23. The first-order chi connectivity index (χ1) is 12.1. The van der Waals surface area contributed by atoms with Crippen molar-refractivity contribution >= 4 is 11.9 Å². The van der Waals surface area contributed by atoms with Gasteiger partial charge in [-0.15, -0.1) is 0 Å². The lowest BCUT2D eigenvalue weighted by Gasteiger charge is -2.10. The molecule has 0 bridgehead atoms. The fourth-order valence-electron chi connectivity index (χ4n) is 2.19. The van der Waals surface area contributed by atoms with E-state index < -0.39 is 0 Å². The molecule has 0 spiro atoms. The maximum absolute atomic E-state index is 12.4. The van der Waals surface area contributed by atoms with Crippen LogP contribution in [0.5, 0.6) is 23.0 Å². The monoisotopic (exact) mass is 340 g/mol. The minimum Gasteiger partial charge on any atom is -0.507 e. The van der Waals surface area contributed by atoms with Gasteiger partial charge < -0.3 is 19.3 Å². The summed E-state index contributed by atoms with van der Waals surface area (Å²) >= 11 is 0. The lowest BCUT2D eigenvalue weighted by molar-refractivity contribution is 0.104. The molecule has 25 heavy (non-hydrogen) atoms. The third-order valence-corrected chi connectivity index (χ3v) is 3.43. The highest BCUT2D eigenvalue weighted by Crippen LogP contribution is 2.33. The molecular formula is C20H20O5. The number of methoxy groups -OCH3 is 2. The van der Waals surface area contributed by atoms with Gasteiger partial charge in [-0.1, -0.05) is 30.9 Å². The van der Waals surface area contributed by atoms with Crippen molar-refractivity contribution in [1.29, 1.82) is 0 Å². The molecule has 0 amide bonds. The van der Waals surface area contributed by atoms with Crippen molar-refractivity contribution < 1.29 is 24.1 Å². The average molecular weight is 340 g/mol. The molecule has 0 radical (unpaired) electrons. The van der Waals surface area contributed by atoms with E-state index in [-0.39, 0.29) is 22.8 Å². The van der Waals surface area contributed by atoms with Crippen LogP contribution < -0.4 is 14.2 Å². The Balaban J connectivity index is 2.19. The van der Waals surface area contributed by atoms with Gasteiger partial charge in [0.2, 0.25) is 0 Å². The summed E-state index contributed by atoms with van der Waals surface area (Å²) in [6.07, 6.45) is 4.70. The van der Waals surface area contributed by atoms with Gasteiger partial charge in [0.1, 0.15) is 35.2 Å². The second-order valence-electron chi connectivity index (χ2n) is 5.09. The highest BCUT2D eigenvalue weighted by atomic mass is 16.5. The van der Waals surface area contributed by atoms with Crippen LogP contribution in [0.25, 0.3) is 6.08 Å². The number of carbonyl (C=O) groups is 1. The van der Waals surface area contributed by atoms with Gasteiger partial charge in [-0.25, -0.2) is 0 Å². The van der Waals surface area contributed by atoms with E-state index in [9.17, 15) is 9.90 Å². The van der Waals surface area contributed by atoms with Crippen LogP contribution in [-0.4, -0.2) is 31.7 Å². The fraction of sp³-hybridized carbons (Fsp3) is 0.150. The molecule has 0 heterocycles. The third kappa shape index (κ3) is 4.64. The predicted molar refractivity (Wildman–Crippen MR) is 96.7 cm³/mol. The smallest absolute Gasteiger partial charge is 0.193 e. The second kappa shape index (κ2) is 8.59. The summed E-state index contributed by atoms with van der Waals surface area (Å²) in [7, 11) is 2.90. The minimum absolute atomic E-state index is 0.0884. The molecule has 5 heteroatoms.